The van der Waals surface area contributed by atoms with E-state index in [0.717, 1.165) is 6.54 Å². The molecule has 0 radical (unpaired) electrons. The Hall–Kier alpha value is -3.54. The van der Waals surface area contributed by atoms with Gasteiger partial charge in [0, 0.05) is 36.7 Å². The van der Waals surface area contributed by atoms with Crippen LogP contribution in [0.3, 0.4) is 0 Å². The third-order valence-electron chi connectivity index (χ3n) is 4.33. The van der Waals surface area contributed by atoms with Gasteiger partial charge in [-0.05, 0) is 43.7 Å². The Morgan fingerprint density at radius 3 is 2.14 bits per heavy atom. The molecule has 0 saturated carbocycles. The van der Waals surface area contributed by atoms with Gasteiger partial charge in [0.15, 0.2) is 5.78 Å². The molecule has 1 heterocycles. The minimum atomic E-state index is -0.298. The number of rotatable bonds is 7. The summed E-state index contributed by atoms with van der Waals surface area (Å²) in [5, 5.41) is 2.78. The van der Waals surface area contributed by atoms with Crippen LogP contribution in [-0.4, -0.2) is 28.2 Å². The van der Waals surface area contributed by atoms with Crippen LogP contribution in [-0.2, 0) is 6.54 Å². The molecule has 1 aromatic heterocycles. The molecule has 142 valence electrons. The molecule has 3 rings (SSSR count). The zero-order valence-corrected chi connectivity index (χ0v) is 15.9. The van der Waals surface area contributed by atoms with Gasteiger partial charge in [-0.1, -0.05) is 30.3 Å². The molecule has 0 fully saturated rings. The van der Waals surface area contributed by atoms with Crippen molar-refractivity contribution in [2.24, 2.45) is 0 Å². The van der Waals surface area contributed by atoms with E-state index in [0.29, 0.717) is 29.3 Å². The lowest BCUT2D eigenvalue weighted by atomic mass is 10.1. The number of amides is 1. The molecule has 1 amide bonds. The minimum absolute atomic E-state index is 0.0159. The van der Waals surface area contributed by atoms with Gasteiger partial charge >= 0.3 is 0 Å². The van der Waals surface area contributed by atoms with E-state index >= 15 is 0 Å². The second-order valence-corrected chi connectivity index (χ2v) is 6.36. The van der Waals surface area contributed by atoms with Gasteiger partial charge < -0.3 is 10.2 Å². The van der Waals surface area contributed by atoms with Gasteiger partial charge in [-0.3, -0.25) is 9.59 Å². The Labute approximate surface area is 164 Å². The lowest BCUT2D eigenvalue weighted by molar-refractivity contribution is 0.101. The highest BCUT2D eigenvalue weighted by molar-refractivity contribution is 6.04. The lowest BCUT2D eigenvalue weighted by Crippen LogP contribution is -2.24. The molecular formula is C22H22N4O2. The van der Waals surface area contributed by atoms with Crippen LogP contribution < -0.4 is 10.2 Å². The van der Waals surface area contributed by atoms with Crippen molar-refractivity contribution in [3.05, 3.63) is 83.7 Å². The third kappa shape index (κ3) is 4.79. The number of ketones is 1. The van der Waals surface area contributed by atoms with Crippen molar-refractivity contribution in [2.45, 2.75) is 20.4 Å². The molecule has 0 bridgehead atoms. The zero-order valence-electron chi connectivity index (χ0n) is 15.9. The maximum absolute atomic E-state index is 12.4. The predicted molar refractivity (Wildman–Crippen MR) is 110 cm³/mol. The zero-order chi connectivity index (χ0) is 19.9. The molecule has 0 aliphatic rings. The molecule has 0 spiro atoms. The summed E-state index contributed by atoms with van der Waals surface area (Å²) in [6.07, 6.45) is 3.05. The topological polar surface area (TPSA) is 75.2 Å². The molecule has 0 saturated heterocycles. The Bertz CT molecular complexity index is 939. The monoisotopic (exact) mass is 374 g/mol. The fraction of sp³-hybridized carbons (Fsp3) is 0.182. The second kappa shape index (κ2) is 8.90. The Balaban J connectivity index is 1.67. The van der Waals surface area contributed by atoms with Crippen molar-refractivity contribution < 1.29 is 9.59 Å². The normalized spacial score (nSPS) is 10.4. The van der Waals surface area contributed by atoms with Gasteiger partial charge in [0.2, 0.25) is 5.95 Å². The summed E-state index contributed by atoms with van der Waals surface area (Å²) in [6, 6.07) is 16.9. The highest BCUT2D eigenvalue weighted by Crippen LogP contribution is 2.14. The van der Waals surface area contributed by atoms with Crippen LogP contribution in [0.4, 0.5) is 11.6 Å². The first-order valence-corrected chi connectivity index (χ1v) is 9.10. The quantitative estimate of drug-likeness (QED) is 0.634. The molecular weight excluding hydrogens is 352 g/mol. The number of anilines is 2. The largest absolute Gasteiger partial charge is 0.337 e. The predicted octanol–water partition coefficient (Wildman–Crippen LogP) is 3.96. The van der Waals surface area contributed by atoms with E-state index < -0.39 is 0 Å². The standard InChI is InChI=1S/C22H22N4O2/c1-3-26(15-17-7-5-4-6-8-17)22-23-13-19(14-24-22)21(28)25-20-11-9-18(10-12-20)16(2)27/h4-14H,3,15H2,1-2H3,(H,25,28). The number of aromatic nitrogens is 2. The van der Waals surface area contributed by atoms with Crippen molar-refractivity contribution >= 4 is 23.3 Å². The number of carbonyl (C=O) groups excluding carboxylic acids is 2. The average Bonchev–Trinajstić information content (AvgIpc) is 2.73. The van der Waals surface area contributed by atoms with Gasteiger partial charge in [0.25, 0.3) is 5.91 Å². The van der Waals surface area contributed by atoms with Gasteiger partial charge in [0.05, 0.1) is 5.56 Å². The smallest absolute Gasteiger partial charge is 0.258 e. The summed E-state index contributed by atoms with van der Waals surface area (Å²) in [5.41, 5.74) is 2.75. The van der Waals surface area contributed by atoms with Crippen LogP contribution in [0.5, 0.6) is 0 Å². The number of benzene rings is 2. The molecule has 0 atom stereocenters. The van der Waals surface area contributed by atoms with E-state index in [1.54, 1.807) is 24.3 Å². The number of hydrogen-bond acceptors (Lipinski definition) is 5. The van der Waals surface area contributed by atoms with Crippen LogP contribution >= 0.6 is 0 Å². The number of nitrogens with one attached hydrogen (secondary N) is 1. The average molecular weight is 374 g/mol. The van der Waals surface area contributed by atoms with E-state index in [1.807, 2.05) is 30.0 Å². The van der Waals surface area contributed by atoms with E-state index in [2.05, 4.69) is 27.4 Å². The Kier molecular flexibility index (Phi) is 6.11. The molecule has 0 aliphatic heterocycles. The third-order valence-corrected chi connectivity index (χ3v) is 4.33. The summed E-state index contributed by atoms with van der Waals surface area (Å²) in [5.74, 6) is 0.264. The number of carbonyl (C=O) groups is 2. The first kappa shape index (κ1) is 19.2. The van der Waals surface area contributed by atoms with Crippen molar-refractivity contribution in [1.29, 1.82) is 0 Å². The highest BCUT2D eigenvalue weighted by atomic mass is 16.1. The molecule has 6 heteroatoms. The van der Waals surface area contributed by atoms with E-state index in [1.165, 1.54) is 24.9 Å². The molecule has 3 aromatic rings. The second-order valence-electron chi connectivity index (χ2n) is 6.36. The molecule has 0 aliphatic carbocycles. The van der Waals surface area contributed by atoms with Crippen molar-refractivity contribution in [1.82, 2.24) is 9.97 Å². The van der Waals surface area contributed by atoms with Gasteiger partial charge in [-0.25, -0.2) is 9.97 Å². The van der Waals surface area contributed by atoms with E-state index in [-0.39, 0.29) is 11.7 Å². The summed E-state index contributed by atoms with van der Waals surface area (Å²) in [7, 11) is 0. The van der Waals surface area contributed by atoms with Gasteiger partial charge in [0.1, 0.15) is 0 Å². The molecule has 2 aromatic carbocycles. The Morgan fingerprint density at radius 1 is 0.929 bits per heavy atom. The summed E-state index contributed by atoms with van der Waals surface area (Å²) >= 11 is 0. The maximum Gasteiger partial charge on any atom is 0.258 e. The summed E-state index contributed by atoms with van der Waals surface area (Å²) in [6.45, 7) is 5.00. The fourth-order valence-corrected chi connectivity index (χ4v) is 2.72. The number of Topliss-reactive ketones (excluding diaryl/α,β-unsaturated/α-hetero) is 1. The first-order valence-electron chi connectivity index (χ1n) is 9.10. The number of hydrogen-bond donors (Lipinski definition) is 1. The first-order chi connectivity index (χ1) is 13.6. The van der Waals surface area contributed by atoms with E-state index in [9.17, 15) is 9.59 Å². The summed E-state index contributed by atoms with van der Waals surface area (Å²) < 4.78 is 0. The molecule has 28 heavy (non-hydrogen) atoms. The summed E-state index contributed by atoms with van der Waals surface area (Å²) in [4.78, 5) is 34.5. The van der Waals surface area contributed by atoms with E-state index in [4.69, 9.17) is 0 Å². The van der Waals surface area contributed by atoms with Crippen LogP contribution in [0.2, 0.25) is 0 Å². The van der Waals surface area contributed by atoms with Gasteiger partial charge in [-0.2, -0.15) is 0 Å². The highest BCUT2D eigenvalue weighted by Gasteiger charge is 2.12. The Morgan fingerprint density at radius 2 is 1.57 bits per heavy atom. The molecule has 0 unspecified atom stereocenters. The van der Waals surface area contributed by atoms with Crippen molar-refractivity contribution in [3.63, 3.8) is 0 Å². The maximum atomic E-state index is 12.4. The molecule has 6 nitrogen and oxygen atoms in total. The van der Waals surface area contributed by atoms with Crippen LogP contribution in [0.25, 0.3) is 0 Å². The lowest BCUT2D eigenvalue weighted by Gasteiger charge is -2.20. The fourth-order valence-electron chi connectivity index (χ4n) is 2.72. The SMILES string of the molecule is CCN(Cc1ccccc1)c1ncc(C(=O)Nc2ccc(C(C)=O)cc2)cn1. The minimum Gasteiger partial charge on any atom is -0.337 e. The van der Waals surface area contributed by atoms with Crippen LogP contribution in [0.1, 0.15) is 40.1 Å². The number of nitrogens with zero attached hydrogens (tertiary/aromatic N) is 3. The van der Waals surface area contributed by atoms with Crippen LogP contribution in [0, 0.1) is 0 Å². The van der Waals surface area contributed by atoms with Crippen LogP contribution in [0.15, 0.2) is 67.0 Å². The van der Waals surface area contributed by atoms with Crippen molar-refractivity contribution in [3.8, 4) is 0 Å². The van der Waals surface area contributed by atoms with Gasteiger partial charge in [-0.15, -0.1) is 0 Å². The van der Waals surface area contributed by atoms with Crippen molar-refractivity contribution in [2.75, 3.05) is 16.8 Å². The molecule has 1 N–H and O–H groups in total.